The Morgan fingerprint density at radius 3 is 2.37 bits per heavy atom. The highest BCUT2D eigenvalue weighted by molar-refractivity contribution is 5.25. The molecule has 2 rings (SSSR count). The molecule has 1 atom stereocenters. The van der Waals surface area contributed by atoms with Crippen LogP contribution in [0.5, 0.6) is 0 Å². The van der Waals surface area contributed by atoms with Crippen LogP contribution in [0.4, 0.5) is 0 Å². The first-order chi connectivity index (χ1) is 8.92. The molecule has 1 aliphatic heterocycles. The molecule has 0 amide bonds. The summed E-state index contributed by atoms with van der Waals surface area (Å²) in [6.45, 7) is 12.2. The van der Waals surface area contributed by atoms with Crippen molar-refractivity contribution in [1.29, 1.82) is 0 Å². The summed E-state index contributed by atoms with van der Waals surface area (Å²) in [7, 11) is 0. The van der Waals surface area contributed by atoms with Crippen LogP contribution in [0, 0.1) is 13.8 Å². The lowest BCUT2D eigenvalue weighted by molar-refractivity contribution is 0.00901. The second-order valence-corrected chi connectivity index (χ2v) is 5.92. The van der Waals surface area contributed by atoms with Crippen LogP contribution in [0.1, 0.15) is 56.4 Å². The summed E-state index contributed by atoms with van der Waals surface area (Å²) in [4.78, 5) is 9.38. The summed E-state index contributed by atoms with van der Waals surface area (Å²) in [6.07, 6.45) is 2.10. The number of aryl methyl sites for hydroxylation is 2. The highest BCUT2D eigenvalue weighted by Crippen LogP contribution is 2.33. The lowest BCUT2D eigenvalue weighted by Gasteiger charge is -2.23. The van der Waals surface area contributed by atoms with Crippen LogP contribution in [0.15, 0.2) is 0 Å². The van der Waals surface area contributed by atoms with Gasteiger partial charge in [0, 0.05) is 36.1 Å². The van der Waals surface area contributed by atoms with Crippen LogP contribution in [-0.4, -0.2) is 22.6 Å². The fourth-order valence-corrected chi connectivity index (χ4v) is 2.49. The second kappa shape index (κ2) is 5.55. The van der Waals surface area contributed by atoms with Crippen molar-refractivity contribution in [3.05, 3.63) is 22.8 Å². The zero-order valence-corrected chi connectivity index (χ0v) is 12.7. The molecule has 1 saturated heterocycles. The lowest BCUT2D eigenvalue weighted by atomic mass is 10.0. The molecule has 0 radical (unpaired) electrons. The first-order valence-corrected chi connectivity index (χ1v) is 7.14. The summed E-state index contributed by atoms with van der Waals surface area (Å²) >= 11 is 0. The number of nitrogens with zero attached hydrogens (tertiary/aromatic N) is 2. The largest absolute Gasteiger partial charge is 0.367 e. The van der Waals surface area contributed by atoms with Crippen LogP contribution >= 0.6 is 0 Å². The van der Waals surface area contributed by atoms with Gasteiger partial charge in [-0.25, -0.2) is 9.97 Å². The van der Waals surface area contributed by atoms with Gasteiger partial charge in [0.2, 0.25) is 0 Å². The van der Waals surface area contributed by atoms with E-state index in [1.807, 2.05) is 0 Å². The topological polar surface area (TPSA) is 47.0 Å². The van der Waals surface area contributed by atoms with Crippen molar-refractivity contribution < 1.29 is 4.74 Å². The van der Waals surface area contributed by atoms with Gasteiger partial charge < -0.3 is 10.1 Å². The molecule has 0 bridgehead atoms. The zero-order valence-electron chi connectivity index (χ0n) is 12.7. The maximum atomic E-state index is 5.83. The summed E-state index contributed by atoms with van der Waals surface area (Å²) in [6, 6.07) is 0.467. The van der Waals surface area contributed by atoms with Gasteiger partial charge in [-0.15, -0.1) is 0 Å². The molecule has 1 aromatic rings. The van der Waals surface area contributed by atoms with Crippen LogP contribution in [0.2, 0.25) is 0 Å². The quantitative estimate of drug-likeness (QED) is 0.907. The number of hydrogen-bond donors (Lipinski definition) is 1. The summed E-state index contributed by atoms with van der Waals surface area (Å²) in [5.41, 5.74) is 3.04. The molecule has 0 aromatic carbocycles. The van der Waals surface area contributed by atoms with Crippen molar-refractivity contribution in [2.45, 2.75) is 65.6 Å². The van der Waals surface area contributed by atoms with Gasteiger partial charge in [0.1, 0.15) is 5.60 Å². The molecule has 1 N–H and O–H groups in total. The van der Waals surface area contributed by atoms with Gasteiger partial charge in [0.05, 0.1) is 0 Å². The Bertz CT molecular complexity index is 428. The highest BCUT2D eigenvalue weighted by Gasteiger charge is 2.35. The van der Waals surface area contributed by atoms with Gasteiger partial charge in [-0.3, -0.25) is 0 Å². The van der Waals surface area contributed by atoms with Crippen molar-refractivity contribution in [1.82, 2.24) is 15.3 Å². The van der Waals surface area contributed by atoms with Gasteiger partial charge in [0.15, 0.2) is 5.82 Å². The number of ether oxygens (including phenoxy) is 1. The minimum Gasteiger partial charge on any atom is -0.367 e. The molecular formula is C15H25N3O. The fourth-order valence-electron chi connectivity index (χ4n) is 2.49. The van der Waals surface area contributed by atoms with E-state index in [2.05, 4.69) is 49.9 Å². The molecule has 1 aromatic heterocycles. The number of rotatable bonds is 4. The van der Waals surface area contributed by atoms with E-state index in [9.17, 15) is 0 Å². The van der Waals surface area contributed by atoms with Crippen LogP contribution in [0.25, 0.3) is 0 Å². The molecule has 1 aliphatic rings. The minimum absolute atomic E-state index is 0.292. The standard InChI is InChI=1S/C15H25N3O/c1-10(2)16-9-13-11(3)17-14(18-12(13)4)15(5)7-6-8-19-15/h10,16H,6-9H2,1-5H3. The Hall–Kier alpha value is -1.00. The van der Waals surface area contributed by atoms with Crippen LogP contribution in [0.3, 0.4) is 0 Å². The van der Waals surface area contributed by atoms with Crippen molar-refractivity contribution in [2.24, 2.45) is 0 Å². The van der Waals surface area contributed by atoms with E-state index in [0.717, 1.165) is 43.2 Å². The SMILES string of the molecule is Cc1nc(C2(C)CCCO2)nc(C)c1CNC(C)C. The third-order valence-corrected chi connectivity index (χ3v) is 3.80. The fraction of sp³-hybridized carbons (Fsp3) is 0.733. The Kier molecular flexibility index (Phi) is 4.21. The first kappa shape index (κ1) is 14.4. The molecule has 4 nitrogen and oxygen atoms in total. The second-order valence-electron chi connectivity index (χ2n) is 5.92. The van der Waals surface area contributed by atoms with Crippen molar-refractivity contribution >= 4 is 0 Å². The predicted molar refractivity (Wildman–Crippen MR) is 76.0 cm³/mol. The predicted octanol–water partition coefficient (Wildman–Crippen LogP) is 2.62. The maximum absolute atomic E-state index is 5.83. The summed E-state index contributed by atoms with van der Waals surface area (Å²) in [5, 5.41) is 3.43. The van der Waals surface area contributed by atoms with E-state index in [1.165, 1.54) is 5.56 Å². The molecular weight excluding hydrogens is 238 g/mol. The summed E-state index contributed by atoms with van der Waals surface area (Å²) < 4.78 is 5.83. The molecule has 0 aliphatic carbocycles. The van der Waals surface area contributed by atoms with Crippen LogP contribution < -0.4 is 5.32 Å². The Labute approximate surface area is 116 Å². The van der Waals surface area contributed by atoms with Gasteiger partial charge in [0.25, 0.3) is 0 Å². The van der Waals surface area contributed by atoms with E-state index in [0.29, 0.717) is 6.04 Å². The zero-order chi connectivity index (χ0) is 14.0. The molecule has 2 heterocycles. The van der Waals surface area contributed by atoms with E-state index < -0.39 is 0 Å². The molecule has 4 heteroatoms. The molecule has 0 saturated carbocycles. The van der Waals surface area contributed by atoms with Gasteiger partial charge in [-0.05, 0) is 33.6 Å². The Balaban J connectivity index is 2.26. The molecule has 1 unspecified atom stereocenters. The maximum Gasteiger partial charge on any atom is 0.160 e. The van der Waals surface area contributed by atoms with E-state index >= 15 is 0 Å². The van der Waals surface area contributed by atoms with Crippen molar-refractivity contribution in [2.75, 3.05) is 6.61 Å². The highest BCUT2D eigenvalue weighted by atomic mass is 16.5. The smallest absolute Gasteiger partial charge is 0.160 e. The lowest BCUT2D eigenvalue weighted by Crippen LogP contribution is -2.27. The average Bonchev–Trinajstić information content (AvgIpc) is 2.76. The molecule has 1 fully saturated rings. The number of aromatic nitrogens is 2. The number of hydrogen-bond acceptors (Lipinski definition) is 4. The van der Waals surface area contributed by atoms with Gasteiger partial charge in [-0.2, -0.15) is 0 Å². The first-order valence-electron chi connectivity index (χ1n) is 7.14. The molecule has 106 valence electrons. The van der Waals surface area contributed by atoms with Crippen molar-refractivity contribution in [3.63, 3.8) is 0 Å². The monoisotopic (exact) mass is 263 g/mol. The third kappa shape index (κ3) is 3.12. The number of nitrogens with one attached hydrogen (secondary N) is 1. The Morgan fingerprint density at radius 1 is 1.26 bits per heavy atom. The average molecular weight is 263 g/mol. The minimum atomic E-state index is -0.292. The van der Waals surface area contributed by atoms with Crippen LogP contribution in [-0.2, 0) is 16.9 Å². The van der Waals surface area contributed by atoms with Crippen molar-refractivity contribution in [3.8, 4) is 0 Å². The third-order valence-electron chi connectivity index (χ3n) is 3.80. The normalized spacial score (nSPS) is 23.3. The van der Waals surface area contributed by atoms with E-state index in [-0.39, 0.29) is 5.60 Å². The van der Waals surface area contributed by atoms with Gasteiger partial charge in [-0.1, -0.05) is 13.8 Å². The summed E-state index contributed by atoms with van der Waals surface area (Å²) in [5.74, 6) is 0.841. The van der Waals surface area contributed by atoms with E-state index in [1.54, 1.807) is 0 Å². The molecule has 19 heavy (non-hydrogen) atoms. The molecule has 0 spiro atoms. The Morgan fingerprint density at radius 2 is 1.89 bits per heavy atom. The van der Waals surface area contributed by atoms with E-state index in [4.69, 9.17) is 4.74 Å². The van der Waals surface area contributed by atoms with Gasteiger partial charge >= 0.3 is 0 Å².